The number of aromatic nitrogens is 1. The lowest BCUT2D eigenvalue weighted by Crippen LogP contribution is -2.51. The van der Waals surface area contributed by atoms with Gasteiger partial charge >= 0.3 is 0 Å². The molecule has 1 saturated heterocycles. The molecule has 2 aromatic carbocycles. The number of hydrogen-bond donors (Lipinski definition) is 2. The number of hydrogen-bond acceptors (Lipinski definition) is 7. The van der Waals surface area contributed by atoms with E-state index in [0.717, 1.165) is 55.0 Å². The van der Waals surface area contributed by atoms with E-state index in [1.165, 1.54) is 11.3 Å². The molecule has 1 aliphatic heterocycles. The van der Waals surface area contributed by atoms with Gasteiger partial charge in [0.05, 0.1) is 27.2 Å². The van der Waals surface area contributed by atoms with Gasteiger partial charge in [-0.3, -0.25) is 0 Å². The Balaban J connectivity index is 1.18. The van der Waals surface area contributed by atoms with Gasteiger partial charge in [0.1, 0.15) is 5.75 Å². The van der Waals surface area contributed by atoms with Crippen LogP contribution in [-0.4, -0.2) is 63.7 Å². The van der Waals surface area contributed by atoms with Crippen LogP contribution in [0.3, 0.4) is 0 Å². The third-order valence-electron chi connectivity index (χ3n) is 5.37. The highest BCUT2D eigenvalue weighted by atomic mass is 32.2. The molecule has 0 radical (unpaired) electrons. The summed E-state index contributed by atoms with van der Waals surface area (Å²) in [6.45, 7) is 4.92. The molecular weight excluding hydrogens is 432 g/mol. The Labute approximate surface area is 187 Å². The quantitative estimate of drug-likeness (QED) is 0.453. The molecule has 1 aromatic heterocycles. The van der Waals surface area contributed by atoms with Gasteiger partial charge < -0.3 is 15.0 Å². The molecule has 0 aliphatic carbocycles. The van der Waals surface area contributed by atoms with Crippen molar-refractivity contribution in [3.8, 4) is 5.75 Å². The van der Waals surface area contributed by atoms with Crippen molar-refractivity contribution in [1.29, 1.82) is 0 Å². The number of fused-ring (bicyclic) bond motifs is 1. The van der Waals surface area contributed by atoms with Crippen molar-refractivity contribution in [1.82, 2.24) is 19.9 Å². The van der Waals surface area contributed by atoms with Crippen LogP contribution in [0.2, 0.25) is 0 Å². The van der Waals surface area contributed by atoms with E-state index in [2.05, 4.69) is 19.9 Å². The molecule has 1 atom stereocenters. The summed E-state index contributed by atoms with van der Waals surface area (Å²) < 4.78 is 34.6. The number of sulfonamides is 1. The minimum absolute atomic E-state index is 0.274. The van der Waals surface area contributed by atoms with Crippen LogP contribution in [0, 0.1) is 0 Å². The molecule has 9 heteroatoms. The summed E-state index contributed by atoms with van der Waals surface area (Å²) in [4.78, 5) is 6.91. The fraction of sp³-hybridized carbons (Fsp3) is 0.409. The van der Waals surface area contributed by atoms with E-state index < -0.39 is 10.0 Å². The number of benzene rings is 2. The first-order valence-electron chi connectivity index (χ1n) is 10.6. The third kappa shape index (κ3) is 6.24. The van der Waals surface area contributed by atoms with Gasteiger partial charge in [-0.25, -0.2) is 18.1 Å². The van der Waals surface area contributed by atoms with Gasteiger partial charge in [-0.05, 0) is 43.2 Å². The average molecular weight is 461 g/mol. The Morgan fingerprint density at radius 1 is 1.23 bits per heavy atom. The van der Waals surface area contributed by atoms with E-state index in [-0.39, 0.29) is 6.04 Å². The molecule has 31 heavy (non-hydrogen) atoms. The van der Waals surface area contributed by atoms with E-state index in [0.29, 0.717) is 18.0 Å². The molecule has 0 bridgehead atoms. The van der Waals surface area contributed by atoms with Crippen LogP contribution in [0.15, 0.2) is 58.9 Å². The lowest BCUT2D eigenvalue weighted by Gasteiger charge is -2.33. The van der Waals surface area contributed by atoms with Gasteiger partial charge in [0.25, 0.3) is 0 Å². The van der Waals surface area contributed by atoms with Crippen LogP contribution >= 0.6 is 11.3 Å². The molecule has 1 unspecified atom stereocenters. The zero-order valence-electron chi connectivity index (χ0n) is 17.4. The molecule has 0 saturated carbocycles. The molecule has 0 spiro atoms. The maximum atomic E-state index is 12.6. The van der Waals surface area contributed by atoms with E-state index in [1.807, 2.05) is 30.3 Å². The van der Waals surface area contributed by atoms with Gasteiger partial charge in [0.2, 0.25) is 10.0 Å². The zero-order chi connectivity index (χ0) is 21.5. The number of nitrogens with zero attached hydrogens (tertiary/aromatic N) is 2. The van der Waals surface area contributed by atoms with Crippen LogP contribution in [0.25, 0.3) is 10.2 Å². The molecule has 0 amide bonds. The highest BCUT2D eigenvalue weighted by molar-refractivity contribution is 7.89. The molecule has 2 heterocycles. The fourth-order valence-electron chi connectivity index (χ4n) is 3.74. The first-order valence-corrected chi connectivity index (χ1v) is 12.9. The lowest BCUT2D eigenvalue weighted by molar-refractivity contribution is 0.179. The predicted octanol–water partition coefficient (Wildman–Crippen LogP) is 2.71. The first kappa shape index (κ1) is 22.2. The maximum absolute atomic E-state index is 12.6. The van der Waals surface area contributed by atoms with Crippen LogP contribution in [0.5, 0.6) is 5.75 Å². The minimum atomic E-state index is -3.52. The van der Waals surface area contributed by atoms with Crippen molar-refractivity contribution in [3.63, 3.8) is 0 Å². The standard InChI is InChI=1S/C22H28N4O3S2/c27-31(28,20-7-8-21-22(15-20)30-17-24-21)25-10-9-18-16-26(13-11-23-18)12-4-14-29-19-5-2-1-3-6-19/h1-3,5-8,15,17-18,23,25H,4,9-14,16H2. The van der Waals surface area contributed by atoms with Crippen LogP contribution < -0.4 is 14.8 Å². The van der Waals surface area contributed by atoms with E-state index in [4.69, 9.17) is 4.74 Å². The zero-order valence-corrected chi connectivity index (χ0v) is 19.0. The second-order valence-electron chi connectivity index (χ2n) is 7.64. The van der Waals surface area contributed by atoms with Crippen molar-refractivity contribution in [3.05, 3.63) is 54.0 Å². The topological polar surface area (TPSA) is 83.6 Å². The molecule has 2 N–H and O–H groups in total. The summed E-state index contributed by atoms with van der Waals surface area (Å²) >= 11 is 1.44. The van der Waals surface area contributed by atoms with Gasteiger partial charge in [-0.1, -0.05) is 18.2 Å². The van der Waals surface area contributed by atoms with Crippen molar-refractivity contribution in [2.75, 3.05) is 39.3 Å². The molecule has 7 nitrogen and oxygen atoms in total. The van der Waals surface area contributed by atoms with E-state index >= 15 is 0 Å². The summed E-state index contributed by atoms with van der Waals surface area (Å²) in [6.07, 6.45) is 1.72. The first-order chi connectivity index (χ1) is 15.1. The Hall–Kier alpha value is -2.04. The van der Waals surface area contributed by atoms with Crippen molar-refractivity contribution < 1.29 is 13.2 Å². The number of nitrogens with one attached hydrogen (secondary N) is 2. The summed E-state index contributed by atoms with van der Waals surface area (Å²) in [6, 6.07) is 15.2. The lowest BCUT2D eigenvalue weighted by atomic mass is 10.1. The number of piperazine rings is 1. The van der Waals surface area contributed by atoms with Gasteiger partial charge in [0, 0.05) is 38.8 Å². The average Bonchev–Trinajstić information content (AvgIpc) is 3.26. The van der Waals surface area contributed by atoms with Gasteiger partial charge in [-0.2, -0.15) is 0 Å². The molecule has 1 fully saturated rings. The summed E-state index contributed by atoms with van der Waals surface area (Å²) in [5, 5.41) is 3.50. The monoisotopic (exact) mass is 460 g/mol. The third-order valence-corrected chi connectivity index (χ3v) is 7.62. The Bertz CT molecular complexity index is 1070. The number of ether oxygens (including phenoxy) is 1. The van der Waals surface area contributed by atoms with Gasteiger partial charge in [0.15, 0.2) is 0 Å². The SMILES string of the molecule is O=S(=O)(NCCC1CN(CCCOc2ccccc2)CCN1)c1ccc2ncsc2c1. The molecule has 3 aromatic rings. The summed E-state index contributed by atoms with van der Waals surface area (Å²) in [7, 11) is -3.52. The number of rotatable bonds is 10. The highest BCUT2D eigenvalue weighted by Crippen LogP contribution is 2.21. The highest BCUT2D eigenvalue weighted by Gasteiger charge is 2.20. The molecule has 166 valence electrons. The maximum Gasteiger partial charge on any atom is 0.240 e. The largest absolute Gasteiger partial charge is 0.494 e. The second-order valence-corrected chi connectivity index (χ2v) is 10.3. The summed E-state index contributed by atoms with van der Waals surface area (Å²) in [5.41, 5.74) is 2.55. The second kappa shape index (κ2) is 10.5. The number of para-hydroxylation sites is 1. The van der Waals surface area contributed by atoms with Crippen molar-refractivity contribution >= 4 is 31.6 Å². The summed E-state index contributed by atoms with van der Waals surface area (Å²) in [5.74, 6) is 0.905. The molecule has 1 aliphatic rings. The van der Waals surface area contributed by atoms with E-state index in [9.17, 15) is 8.42 Å². The number of thiazole rings is 1. The Morgan fingerprint density at radius 2 is 2.10 bits per heavy atom. The Morgan fingerprint density at radius 3 is 2.97 bits per heavy atom. The van der Waals surface area contributed by atoms with Crippen LogP contribution in [0.1, 0.15) is 12.8 Å². The smallest absolute Gasteiger partial charge is 0.240 e. The molecule has 4 rings (SSSR count). The van der Waals surface area contributed by atoms with Crippen LogP contribution in [-0.2, 0) is 10.0 Å². The Kier molecular flexibility index (Phi) is 7.52. The predicted molar refractivity (Wildman–Crippen MR) is 124 cm³/mol. The normalized spacial score (nSPS) is 17.7. The van der Waals surface area contributed by atoms with Crippen molar-refractivity contribution in [2.24, 2.45) is 0 Å². The molecular formula is C22H28N4O3S2. The van der Waals surface area contributed by atoms with Gasteiger partial charge in [-0.15, -0.1) is 11.3 Å². The van der Waals surface area contributed by atoms with E-state index in [1.54, 1.807) is 23.7 Å². The fourth-order valence-corrected chi connectivity index (χ4v) is 5.60. The minimum Gasteiger partial charge on any atom is -0.494 e. The van der Waals surface area contributed by atoms with Crippen molar-refractivity contribution in [2.45, 2.75) is 23.8 Å². The van der Waals surface area contributed by atoms with Crippen LogP contribution in [0.4, 0.5) is 0 Å².